The summed E-state index contributed by atoms with van der Waals surface area (Å²) in [6.45, 7) is 10.9. The molecule has 3 aliphatic carbocycles. The minimum atomic E-state index is -0.148. The van der Waals surface area contributed by atoms with Crippen molar-refractivity contribution in [2.75, 3.05) is 0 Å². The maximum Gasteiger partial charge on any atom is 0.124 e. The van der Waals surface area contributed by atoms with Crippen molar-refractivity contribution in [3.05, 3.63) is 27.7 Å². The van der Waals surface area contributed by atoms with Crippen molar-refractivity contribution in [2.24, 2.45) is 34.5 Å². The lowest BCUT2D eigenvalue weighted by Gasteiger charge is -2.53. The Kier molecular flexibility index (Phi) is 4.26. The zero-order valence-electron chi connectivity index (χ0n) is 16.1. The Morgan fingerprint density at radius 3 is 2.65 bits per heavy atom. The highest BCUT2D eigenvalue weighted by molar-refractivity contribution is 7.11. The second-order valence-corrected chi connectivity index (χ2v) is 10.5. The van der Waals surface area contributed by atoms with E-state index in [9.17, 15) is 9.59 Å². The molecule has 0 unspecified atom stereocenters. The lowest BCUT2D eigenvalue weighted by molar-refractivity contribution is -0.129. The van der Waals surface area contributed by atoms with Gasteiger partial charge in [-0.05, 0) is 61.7 Å². The third-order valence-electron chi connectivity index (χ3n) is 8.14. The van der Waals surface area contributed by atoms with Crippen molar-refractivity contribution < 1.29 is 9.59 Å². The number of fused-ring (bicyclic) bond motifs is 2. The molecule has 0 aliphatic heterocycles. The van der Waals surface area contributed by atoms with E-state index in [0.29, 0.717) is 5.92 Å². The Bertz CT molecular complexity index is 768. The van der Waals surface area contributed by atoms with Crippen LogP contribution in [0.25, 0.3) is 0 Å². The molecule has 3 nitrogen and oxygen atoms in total. The first-order valence-corrected chi connectivity index (χ1v) is 10.7. The molecule has 0 radical (unpaired) electrons. The van der Waals surface area contributed by atoms with Crippen LogP contribution < -0.4 is 0 Å². The first kappa shape index (κ1) is 18.1. The normalized spacial score (nSPS) is 42.2. The van der Waals surface area contributed by atoms with Crippen LogP contribution in [0.1, 0.15) is 55.1 Å². The lowest BCUT2D eigenvalue weighted by atomic mass is 9.50. The van der Waals surface area contributed by atoms with Crippen LogP contribution >= 0.6 is 11.3 Å². The number of carbonyl (C=O) groups excluding carboxylic acids is 2. The average Bonchev–Trinajstić information content (AvgIpc) is 3.11. The second-order valence-electron chi connectivity index (χ2n) is 9.26. The molecule has 2 fully saturated rings. The largest absolute Gasteiger partial charge is 0.303 e. The quantitative estimate of drug-likeness (QED) is 0.578. The number of carbonyl (C=O) groups is 2. The number of aldehydes is 2. The molecule has 3 aliphatic rings. The van der Waals surface area contributed by atoms with Gasteiger partial charge in [-0.3, -0.25) is 0 Å². The number of thiazole rings is 1. The minimum Gasteiger partial charge on any atom is -0.303 e. The first-order chi connectivity index (χ1) is 12.3. The molecule has 140 valence electrons. The summed E-state index contributed by atoms with van der Waals surface area (Å²) in [5.74, 6) is 0.656. The lowest BCUT2D eigenvalue weighted by Crippen LogP contribution is -2.51. The van der Waals surface area contributed by atoms with E-state index in [4.69, 9.17) is 0 Å². The van der Waals surface area contributed by atoms with Crippen LogP contribution in [0.2, 0.25) is 0 Å². The minimum absolute atomic E-state index is 0.0380. The monoisotopic (exact) mass is 371 g/mol. The average molecular weight is 372 g/mol. The molecule has 4 heteroatoms. The van der Waals surface area contributed by atoms with Crippen LogP contribution in [0.3, 0.4) is 0 Å². The molecule has 0 amide bonds. The van der Waals surface area contributed by atoms with Crippen molar-refractivity contribution in [3.8, 4) is 0 Å². The van der Waals surface area contributed by atoms with Gasteiger partial charge in [0.05, 0.1) is 10.7 Å². The molecule has 0 bridgehead atoms. The third-order valence-corrected chi connectivity index (χ3v) is 9.16. The van der Waals surface area contributed by atoms with Crippen molar-refractivity contribution in [2.45, 2.75) is 59.3 Å². The number of aryl methyl sites for hydroxylation is 1. The van der Waals surface area contributed by atoms with Gasteiger partial charge in [-0.15, -0.1) is 11.3 Å². The zero-order chi connectivity index (χ0) is 18.7. The van der Waals surface area contributed by atoms with Gasteiger partial charge in [-0.2, -0.15) is 0 Å². The van der Waals surface area contributed by atoms with Gasteiger partial charge in [-0.1, -0.05) is 26.0 Å². The molecular weight excluding hydrogens is 342 g/mol. The van der Waals surface area contributed by atoms with Crippen molar-refractivity contribution in [1.29, 1.82) is 0 Å². The fraction of sp³-hybridized carbons (Fsp3) is 0.682. The van der Waals surface area contributed by atoms with E-state index >= 15 is 0 Å². The number of hydrogen-bond acceptors (Lipinski definition) is 4. The highest BCUT2D eigenvalue weighted by atomic mass is 32.1. The van der Waals surface area contributed by atoms with Crippen LogP contribution in [0.5, 0.6) is 0 Å². The van der Waals surface area contributed by atoms with Crippen LogP contribution in [-0.4, -0.2) is 17.6 Å². The Morgan fingerprint density at radius 1 is 1.19 bits per heavy atom. The summed E-state index contributed by atoms with van der Waals surface area (Å²) in [5.41, 5.74) is 2.40. The summed E-state index contributed by atoms with van der Waals surface area (Å²) in [5, 5.41) is 1.08. The molecule has 0 saturated heterocycles. The van der Waals surface area contributed by atoms with E-state index in [2.05, 4.69) is 25.4 Å². The molecular formula is C22H29NO2S. The Balaban J connectivity index is 1.72. The van der Waals surface area contributed by atoms with Crippen LogP contribution in [-0.2, 0) is 22.4 Å². The summed E-state index contributed by atoms with van der Waals surface area (Å²) in [6, 6.07) is 0. The van der Waals surface area contributed by atoms with E-state index in [1.807, 2.05) is 6.92 Å². The standard InChI is InChI=1S/C22H29NO2S/c1-13-5-6-17-16(12-25)18(7-8-21(13,17)3)22(4)10-20-19(9-15(22)11-24)23-14(2)26-20/h11-12,15-18H,1,5-10H2,2-4H3/t15-,16+,17+,18+,21-,22+/m1/s1. The summed E-state index contributed by atoms with van der Waals surface area (Å²) in [4.78, 5) is 30.3. The van der Waals surface area contributed by atoms with Gasteiger partial charge in [0.15, 0.2) is 0 Å². The maximum absolute atomic E-state index is 12.3. The van der Waals surface area contributed by atoms with E-state index in [1.54, 1.807) is 11.3 Å². The smallest absolute Gasteiger partial charge is 0.124 e. The molecule has 1 heterocycles. The van der Waals surface area contributed by atoms with E-state index in [0.717, 1.165) is 55.5 Å². The summed E-state index contributed by atoms with van der Waals surface area (Å²) in [6.07, 6.45) is 8.21. The van der Waals surface area contributed by atoms with Gasteiger partial charge >= 0.3 is 0 Å². The number of rotatable bonds is 3. The fourth-order valence-corrected chi connectivity index (χ4v) is 7.54. The number of nitrogens with zero attached hydrogens (tertiary/aromatic N) is 1. The van der Waals surface area contributed by atoms with E-state index in [-0.39, 0.29) is 28.6 Å². The van der Waals surface area contributed by atoms with Crippen molar-refractivity contribution >= 4 is 23.9 Å². The molecule has 2 saturated carbocycles. The Morgan fingerprint density at radius 2 is 1.96 bits per heavy atom. The van der Waals surface area contributed by atoms with Gasteiger partial charge in [0.1, 0.15) is 12.6 Å². The maximum atomic E-state index is 12.3. The highest BCUT2D eigenvalue weighted by Gasteiger charge is 2.57. The van der Waals surface area contributed by atoms with Crippen molar-refractivity contribution in [1.82, 2.24) is 4.98 Å². The number of aromatic nitrogens is 1. The number of hydrogen-bond donors (Lipinski definition) is 0. The summed E-state index contributed by atoms with van der Waals surface area (Å²) >= 11 is 1.77. The van der Waals surface area contributed by atoms with E-state index in [1.165, 1.54) is 16.7 Å². The Labute approximate surface area is 160 Å². The summed E-state index contributed by atoms with van der Waals surface area (Å²) in [7, 11) is 0. The second kappa shape index (κ2) is 6.12. The molecule has 0 aromatic carbocycles. The molecule has 0 N–H and O–H groups in total. The van der Waals surface area contributed by atoms with Gasteiger partial charge in [0.25, 0.3) is 0 Å². The topological polar surface area (TPSA) is 47.0 Å². The van der Waals surface area contributed by atoms with E-state index < -0.39 is 0 Å². The van der Waals surface area contributed by atoms with Crippen LogP contribution in [0.4, 0.5) is 0 Å². The number of allylic oxidation sites excluding steroid dienone is 1. The van der Waals surface area contributed by atoms with Gasteiger partial charge in [-0.25, -0.2) is 4.98 Å². The van der Waals surface area contributed by atoms with Gasteiger partial charge < -0.3 is 9.59 Å². The summed E-state index contributed by atoms with van der Waals surface area (Å²) < 4.78 is 0. The molecule has 6 atom stereocenters. The molecule has 26 heavy (non-hydrogen) atoms. The molecule has 1 aromatic heterocycles. The predicted molar refractivity (Wildman–Crippen MR) is 104 cm³/mol. The van der Waals surface area contributed by atoms with Crippen LogP contribution in [0, 0.1) is 41.4 Å². The SMILES string of the molecule is C=C1CC[C@H]2[C@H](C=O)[C@@H]([C@@]3(C)Cc4sc(C)nc4C[C@@H]3C=O)CC[C@]12C. The third kappa shape index (κ3) is 2.41. The Hall–Kier alpha value is -1.29. The van der Waals surface area contributed by atoms with Crippen molar-refractivity contribution in [3.63, 3.8) is 0 Å². The van der Waals surface area contributed by atoms with Gasteiger partial charge in [0, 0.05) is 23.1 Å². The first-order valence-electron chi connectivity index (χ1n) is 9.87. The van der Waals surface area contributed by atoms with Gasteiger partial charge in [0.2, 0.25) is 0 Å². The zero-order valence-corrected chi connectivity index (χ0v) is 16.9. The highest BCUT2D eigenvalue weighted by Crippen LogP contribution is 2.62. The molecule has 4 rings (SSSR count). The predicted octanol–water partition coefficient (Wildman–Crippen LogP) is 4.57. The molecule has 0 spiro atoms. The van der Waals surface area contributed by atoms with Crippen LogP contribution in [0.15, 0.2) is 12.2 Å². The fourth-order valence-electron chi connectivity index (χ4n) is 6.40. The molecule has 1 aromatic rings.